The lowest BCUT2D eigenvalue weighted by Crippen LogP contribution is -2.35. The quantitative estimate of drug-likeness (QED) is 0.513. The Morgan fingerprint density at radius 1 is 1.17 bits per heavy atom. The maximum atomic E-state index is 13.0. The lowest BCUT2D eigenvalue weighted by atomic mass is 10.2. The van der Waals surface area contributed by atoms with Gasteiger partial charge in [0.1, 0.15) is 0 Å². The van der Waals surface area contributed by atoms with Gasteiger partial charge in [0.15, 0.2) is 4.34 Å². The standard InChI is InChI=1S/C20H20ClN3O3S3/c1-28-20-23-17-8-5-13(11-18(17)29-20)22-19(25)15-12-14(6-7-16(15)21)30(26,27)24-9-3-2-4-10-24/h5-8,11-12H,2-4,9-10H2,1H3,(H,22,25). The van der Waals surface area contributed by atoms with E-state index in [-0.39, 0.29) is 15.5 Å². The minimum atomic E-state index is -3.65. The van der Waals surface area contributed by atoms with Crippen LogP contribution in [0.4, 0.5) is 5.69 Å². The van der Waals surface area contributed by atoms with Gasteiger partial charge in [0.05, 0.1) is 25.7 Å². The molecule has 0 aliphatic carbocycles. The zero-order valence-electron chi connectivity index (χ0n) is 16.2. The average molecular weight is 482 g/mol. The number of hydrogen-bond acceptors (Lipinski definition) is 6. The topological polar surface area (TPSA) is 79.4 Å². The van der Waals surface area contributed by atoms with Gasteiger partial charge in [-0.25, -0.2) is 13.4 Å². The molecule has 4 rings (SSSR count). The number of halogens is 1. The molecule has 1 aliphatic heterocycles. The fraction of sp³-hybridized carbons (Fsp3) is 0.300. The first-order valence-corrected chi connectivity index (χ1v) is 13.3. The summed E-state index contributed by atoms with van der Waals surface area (Å²) in [5.74, 6) is -0.454. The van der Waals surface area contributed by atoms with Gasteiger partial charge in [0, 0.05) is 18.8 Å². The molecule has 6 nitrogen and oxygen atoms in total. The highest BCUT2D eigenvalue weighted by Gasteiger charge is 2.27. The number of fused-ring (bicyclic) bond motifs is 1. The number of hydrogen-bond donors (Lipinski definition) is 1. The van der Waals surface area contributed by atoms with Crippen molar-refractivity contribution < 1.29 is 13.2 Å². The molecule has 1 aliphatic rings. The van der Waals surface area contributed by atoms with E-state index in [0.717, 1.165) is 33.8 Å². The lowest BCUT2D eigenvalue weighted by Gasteiger charge is -2.26. The number of nitrogens with zero attached hydrogens (tertiary/aromatic N) is 2. The van der Waals surface area contributed by atoms with Crippen molar-refractivity contribution in [3.63, 3.8) is 0 Å². The second-order valence-corrected chi connectivity index (χ2v) is 11.4. The maximum Gasteiger partial charge on any atom is 0.257 e. The molecule has 158 valence electrons. The molecule has 1 fully saturated rings. The van der Waals surface area contributed by atoms with E-state index in [1.54, 1.807) is 29.2 Å². The summed E-state index contributed by atoms with van der Waals surface area (Å²) in [7, 11) is -3.65. The van der Waals surface area contributed by atoms with Crippen molar-refractivity contribution in [2.24, 2.45) is 0 Å². The Kier molecular flexibility index (Phi) is 6.36. The number of carbonyl (C=O) groups excluding carboxylic acids is 1. The second kappa shape index (κ2) is 8.84. The molecule has 0 saturated carbocycles. The van der Waals surface area contributed by atoms with E-state index >= 15 is 0 Å². The molecule has 3 aromatic rings. The van der Waals surface area contributed by atoms with E-state index in [1.807, 2.05) is 18.4 Å². The SMILES string of the molecule is CSc1nc2ccc(NC(=O)c3cc(S(=O)(=O)N4CCCCC4)ccc3Cl)cc2s1. The monoisotopic (exact) mass is 481 g/mol. The molecule has 0 spiro atoms. The van der Waals surface area contributed by atoms with Crippen LogP contribution in [0.25, 0.3) is 10.2 Å². The molecule has 1 amide bonds. The summed E-state index contributed by atoms with van der Waals surface area (Å²) in [4.78, 5) is 17.4. The molecule has 0 bridgehead atoms. The summed E-state index contributed by atoms with van der Waals surface area (Å²) in [6.45, 7) is 0.999. The molecule has 2 aromatic carbocycles. The highest BCUT2D eigenvalue weighted by molar-refractivity contribution is 8.00. The van der Waals surface area contributed by atoms with Crippen LogP contribution in [-0.2, 0) is 10.0 Å². The number of carbonyl (C=O) groups is 1. The van der Waals surface area contributed by atoms with Crippen LogP contribution in [0.2, 0.25) is 5.02 Å². The van der Waals surface area contributed by atoms with Gasteiger partial charge in [-0.2, -0.15) is 4.31 Å². The summed E-state index contributed by atoms with van der Waals surface area (Å²) < 4.78 is 29.3. The minimum Gasteiger partial charge on any atom is -0.322 e. The first-order chi connectivity index (χ1) is 14.4. The number of sulfonamides is 1. The van der Waals surface area contributed by atoms with Crippen LogP contribution in [-0.4, -0.2) is 43.0 Å². The summed E-state index contributed by atoms with van der Waals surface area (Å²) in [5.41, 5.74) is 1.60. The van der Waals surface area contributed by atoms with E-state index in [2.05, 4.69) is 10.3 Å². The number of rotatable bonds is 5. The molecule has 0 unspecified atom stereocenters. The van der Waals surface area contributed by atoms with Crippen LogP contribution in [0.1, 0.15) is 29.6 Å². The van der Waals surface area contributed by atoms with Crippen molar-refractivity contribution in [2.45, 2.75) is 28.5 Å². The second-order valence-electron chi connectivity index (χ2n) is 6.93. The van der Waals surface area contributed by atoms with E-state index in [9.17, 15) is 13.2 Å². The highest BCUT2D eigenvalue weighted by Crippen LogP contribution is 2.31. The summed E-state index contributed by atoms with van der Waals surface area (Å²) in [6.07, 6.45) is 4.69. The molecule has 1 N–H and O–H groups in total. The normalized spacial score (nSPS) is 15.4. The summed E-state index contributed by atoms with van der Waals surface area (Å²) in [5, 5.41) is 3.02. The number of anilines is 1. The Morgan fingerprint density at radius 3 is 2.67 bits per heavy atom. The van der Waals surface area contributed by atoms with Gasteiger partial charge in [-0.3, -0.25) is 4.79 Å². The van der Waals surface area contributed by atoms with Crippen molar-refractivity contribution in [1.82, 2.24) is 9.29 Å². The number of piperidine rings is 1. The third kappa shape index (κ3) is 4.36. The third-order valence-corrected chi connectivity index (χ3v) is 9.16. The lowest BCUT2D eigenvalue weighted by molar-refractivity contribution is 0.102. The molecule has 2 heterocycles. The Morgan fingerprint density at radius 2 is 1.93 bits per heavy atom. The third-order valence-electron chi connectivity index (χ3n) is 4.94. The number of benzene rings is 2. The van der Waals surface area contributed by atoms with Crippen molar-refractivity contribution in [3.8, 4) is 0 Å². The van der Waals surface area contributed by atoms with Gasteiger partial charge in [0.25, 0.3) is 5.91 Å². The molecular formula is C20H20ClN3O3S3. The molecular weight excluding hydrogens is 462 g/mol. The number of thioether (sulfide) groups is 1. The zero-order valence-corrected chi connectivity index (χ0v) is 19.4. The summed E-state index contributed by atoms with van der Waals surface area (Å²) in [6, 6.07) is 9.75. The van der Waals surface area contributed by atoms with Gasteiger partial charge >= 0.3 is 0 Å². The number of amides is 1. The average Bonchev–Trinajstić information content (AvgIpc) is 3.17. The Bertz CT molecular complexity index is 1200. The van der Waals surface area contributed by atoms with Crippen molar-refractivity contribution in [3.05, 3.63) is 47.0 Å². The summed E-state index contributed by atoms with van der Waals surface area (Å²) >= 11 is 9.35. The van der Waals surface area contributed by atoms with E-state index < -0.39 is 15.9 Å². The van der Waals surface area contributed by atoms with Crippen LogP contribution in [0.3, 0.4) is 0 Å². The first kappa shape index (κ1) is 21.6. The van der Waals surface area contributed by atoms with Crippen LogP contribution < -0.4 is 5.32 Å². The van der Waals surface area contributed by atoms with Gasteiger partial charge < -0.3 is 5.32 Å². The van der Waals surface area contributed by atoms with Gasteiger partial charge in [-0.15, -0.1) is 11.3 Å². The van der Waals surface area contributed by atoms with Crippen molar-refractivity contribution in [2.75, 3.05) is 24.7 Å². The fourth-order valence-corrected chi connectivity index (χ4v) is 6.64. The zero-order chi connectivity index (χ0) is 21.3. The van der Waals surface area contributed by atoms with Crippen molar-refractivity contribution in [1.29, 1.82) is 0 Å². The van der Waals surface area contributed by atoms with Crippen LogP contribution >= 0.6 is 34.7 Å². The van der Waals surface area contributed by atoms with E-state index in [0.29, 0.717) is 18.8 Å². The molecule has 1 aromatic heterocycles. The van der Waals surface area contributed by atoms with E-state index in [1.165, 1.54) is 22.5 Å². The predicted molar refractivity (Wildman–Crippen MR) is 123 cm³/mol. The highest BCUT2D eigenvalue weighted by atomic mass is 35.5. The molecule has 1 saturated heterocycles. The smallest absolute Gasteiger partial charge is 0.257 e. The Balaban J connectivity index is 1.60. The number of thiazole rings is 1. The fourth-order valence-electron chi connectivity index (χ4n) is 3.36. The van der Waals surface area contributed by atoms with Crippen LogP contribution in [0, 0.1) is 0 Å². The largest absolute Gasteiger partial charge is 0.322 e. The van der Waals surface area contributed by atoms with Crippen molar-refractivity contribution >= 4 is 66.5 Å². The predicted octanol–water partition coefficient (Wildman–Crippen LogP) is 5.10. The maximum absolute atomic E-state index is 13.0. The molecule has 10 heteroatoms. The molecule has 30 heavy (non-hydrogen) atoms. The van der Waals surface area contributed by atoms with Crippen LogP contribution in [0.5, 0.6) is 0 Å². The number of nitrogens with one attached hydrogen (secondary N) is 1. The Hall–Kier alpha value is -1.65. The Labute approximate surface area is 188 Å². The van der Waals surface area contributed by atoms with Crippen LogP contribution in [0.15, 0.2) is 45.6 Å². The minimum absolute atomic E-state index is 0.0847. The molecule has 0 radical (unpaired) electrons. The first-order valence-electron chi connectivity index (χ1n) is 9.44. The van der Waals surface area contributed by atoms with Gasteiger partial charge in [-0.1, -0.05) is 29.8 Å². The van der Waals surface area contributed by atoms with Gasteiger partial charge in [-0.05, 0) is 55.5 Å². The number of aromatic nitrogens is 1. The van der Waals surface area contributed by atoms with E-state index in [4.69, 9.17) is 11.6 Å². The molecule has 0 atom stereocenters. The van der Waals surface area contributed by atoms with Gasteiger partial charge in [0.2, 0.25) is 10.0 Å².